The fraction of sp³-hybridized carbons (Fsp3) is 0.750. The molecular formula is C12H20N2OS. The van der Waals surface area contributed by atoms with Crippen molar-refractivity contribution in [1.82, 2.24) is 10.3 Å². The molecule has 4 heteroatoms. The van der Waals surface area contributed by atoms with Crippen molar-refractivity contribution in [3.8, 4) is 0 Å². The van der Waals surface area contributed by atoms with E-state index in [-0.39, 0.29) is 0 Å². The molecular weight excluding hydrogens is 220 g/mol. The molecule has 1 aliphatic rings. The van der Waals surface area contributed by atoms with Crippen LogP contribution in [0.25, 0.3) is 0 Å². The number of ether oxygens (including phenoxy) is 1. The number of hydrogen-bond acceptors (Lipinski definition) is 4. The average molecular weight is 240 g/mol. The highest BCUT2D eigenvalue weighted by Crippen LogP contribution is 2.18. The molecule has 90 valence electrons. The van der Waals surface area contributed by atoms with Crippen molar-refractivity contribution in [2.24, 2.45) is 0 Å². The molecule has 2 unspecified atom stereocenters. The molecule has 1 aromatic heterocycles. The number of hydrogen-bond donors (Lipinski definition) is 1. The number of rotatable bonds is 4. The Bertz CT molecular complexity index is 351. The summed E-state index contributed by atoms with van der Waals surface area (Å²) >= 11 is 1.82. The average Bonchev–Trinajstić information content (AvgIpc) is 2.75. The van der Waals surface area contributed by atoms with Gasteiger partial charge in [-0.2, -0.15) is 0 Å². The van der Waals surface area contributed by atoms with Gasteiger partial charge in [0.1, 0.15) is 0 Å². The Hall–Kier alpha value is -0.450. The zero-order valence-electron chi connectivity index (χ0n) is 10.2. The van der Waals surface area contributed by atoms with Crippen LogP contribution in [0.4, 0.5) is 0 Å². The molecule has 16 heavy (non-hydrogen) atoms. The van der Waals surface area contributed by atoms with Crippen LogP contribution in [-0.4, -0.2) is 30.3 Å². The molecule has 0 radical (unpaired) electrons. The van der Waals surface area contributed by atoms with E-state index in [4.69, 9.17) is 4.74 Å². The predicted molar refractivity (Wildman–Crippen MR) is 67.1 cm³/mol. The van der Waals surface area contributed by atoms with Gasteiger partial charge in [0.05, 0.1) is 16.8 Å². The van der Waals surface area contributed by atoms with Crippen molar-refractivity contribution in [3.05, 3.63) is 15.6 Å². The number of aromatic nitrogens is 1. The maximum absolute atomic E-state index is 5.52. The molecule has 0 bridgehead atoms. The molecule has 2 heterocycles. The van der Waals surface area contributed by atoms with Gasteiger partial charge in [0.15, 0.2) is 0 Å². The lowest BCUT2D eigenvalue weighted by Gasteiger charge is -2.15. The largest absolute Gasteiger partial charge is 0.377 e. The fourth-order valence-electron chi connectivity index (χ4n) is 2.18. The van der Waals surface area contributed by atoms with Crippen molar-refractivity contribution in [3.63, 3.8) is 0 Å². The highest BCUT2D eigenvalue weighted by Gasteiger charge is 2.23. The second-order valence-electron chi connectivity index (χ2n) is 4.42. The molecule has 0 aromatic carbocycles. The molecule has 0 spiro atoms. The second-order valence-corrected chi connectivity index (χ2v) is 5.70. The SMILES string of the molecule is Cc1nc(C)c(CCNC2CCOC2C)s1. The third kappa shape index (κ3) is 2.81. The monoisotopic (exact) mass is 240 g/mol. The zero-order chi connectivity index (χ0) is 11.5. The summed E-state index contributed by atoms with van der Waals surface area (Å²) in [6, 6.07) is 0.536. The molecule has 1 aliphatic heterocycles. The zero-order valence-corrected chi connectivity index (χ0v) is 11.1. The number of nitrogens with one attached hydrogen (secondary N) is 1. The van der Waals surface area contributed by atoms with Crippen LogP contribution >= 0.6 is 11.3 Å². The van der Waals surface area contributed by atoms with Gasteiger partial charge in [-0.15, -0.1) is 11.3 Å². The van der Waals surface area contributed by atoms with E-state index in [1.807, 2.05) is 11.3 Å². The quantitative estimate of drug-likeness (QED) is 0.875. The Balaban J connectivity index is 1.77. The maximum Gasteiger partial charge on any atom is 0.0900 e. The van der Waals surface area contributed by atoms with E-state index < -0.39 is 0 Å². The topological polar surface area (TPSA) is 34.2 Å². The van der Waals surface area contributed by atoms with Gasteiger partial charge in [-0.3, -0.25) is 0 Å². The first-order valence-electron chi connectivity index (χ1n) is 5.94. The third-order valence-corrected chi connectivity index (χ3v) is 4.27. The minimum Gasteiger partial charge on any atom is -0.377 e. The summed E-state index contributed by atoms with van der Waals surface area (Å²) in [7, 11) is 0. The lowest BCUT2D eigenvalue weighted by Crippen LogP contribution is -2.35. The number of nitrogens with zero attached hydrogens (tertiary/aromatic N) is 1. The van der Waals surface area contributed by atoms with E-state index >= 15 is 0 Å². The van der Waals surface area contributed by atoms with E-state index in [0.29, 0.717) is 12.1 Å². The predicted octanol–water partition coefficient (Wildman–Crippen LogP) is 2.07. The number of aryl methyl sites for hydroxylation is 2. The normalized spacial score (nSPS) is 25.2. The van der Waals surface area contributed by atoms with Crippen molar-refractivity contribution >= 4 is 11.3 Å². The molecule has 1 fully saturated rings. The summed E-state index contributed by atoms with van der Waals surface area (Å²) in [5.41, 5.74) is 1.19. The summed E-state index contributed by atoms with van der Waals surface area (Å²) in [4.78, 5) is 5.86. The van der Waals surface area contributed by atoms with Crippen LogP contribution in [0, 0.1) is 13.8 Å². The van der Waals surface area contributed by atoms with Crippen LogP contribution in [-0.2, 0) is 11.2 Å². The van der Waals surface area contributed by atoms with Crippen LogP contribution in [0.3, 0.4) is 0 Å². The summed E-state index contributed by atoms with van der Waals surface area (Å²) in [6.45, 7) is 8.24. The van der Waals surface area contributed by atoms with Crippen LogP contribution in [0.5, 0.6) is 0 Å². The Kier molecular flexibility index (Phi) is 3.95. The minimum atomic E-state index is 0.365. The fourth-order valence-corrected chi connectivity index (χ4v) is 3.11. The third-order valence-electron chi connectivity index (χ3n) is 3.13. The minimum absolute atomic E-state index is 0.365. The highest BCUT2D eigenvalue weighted by molar-refractivity contribution is 7.11. The van der Waals surface area contributed by atoms with Crippen LogP contribution < -0.4 is 5.32 Å². The Morgan fingerprint density at radius 3 is 2.88 bits per heavy atom. The maximum atomic E-state index is 5.52. The summed E-state index contributed by atoms with van der Waals surface area (Å²) in [5, 5.41) is 4.74. The van der Waals surface area contributed by atoms with E-state index in [1.165, 1.54) is 15.6 Å². The van der Waals surface area contributed by atoms with Gasteiger partial charge in [-0.1, -0.05) is 0 Å². The van der Waals surface area contributed by atoms with E-state index in [9.17, 15) is 0 Å². The van der Waals surface area contributed by atoms with E-state index in [1.54, 1.807) is 0 Å². The van der Waals surface area contributed by atoms with E-state index in [2.05, 4.69) is 31.1 Å². The summed E-state index contributed by atoms with van der Waals surface area (Å²) < 4.78 is 5.52. The Morgan fingerprint density at radius 1 is 1.50 bits per heavy atom. The molecule has 1 aromatic rings. The lowest BCUT2D eigenvalue weighted by molar-refractivity contribution is 0.113. The van der Waals surface area contributed by atoms with Crippen molar-refractivity contribution < 1.29 is 4.74 Å². The van der Waals surface area contributed by atoms with Gasteiger partial charge in [-0.05, 0) is 33.6 Å². The van der Waals surface area contributed by atoms with Gasteiger partial charge in [0.25, 0.3) is 0 Å². The Labute approximate surface area is 101 Å². The van der Waals surface area contributed by atoms with Crippen LogP contribution in [0.1, 0.15) is 28.9 Å². The van der Waals surface area contributed by atoms with Gasteiger partial charge < -0.3 is 10.1 Å². The van der Waals surface area contributed by atoms with Gasteiger partial charge in [-0.25, -0.2) is 4.98 Å². The van der Waals surface area contributed by atoms with Crippen LogP contribution in [0.15, 0.2) is 0 Å². The van der Waals surface area contributed by atoms with Crippen molar-refractivity contribution in [2.75, 3.05) is 13.2 Å². The molecule has 0 aliphatic carbocycles. The molecule has 2 atom stereocenters. The second kappa shape index (κ2) is 5.25. The molecule has 3 nitrogen and oxygen atoms in total. The molecule has 0 saturated carbocycles. The van der Waals surface area contributed by atoms with Gasteiger partial charge in [0.2, 0.25) is 0 Å². The first kappa shape index (κ1) is 12.0. The smallest absolute Gasteiger partial charge is 0.0900 e. The van der Waals surface area contributed by atoms with E-state index in [0.717, 1.165) is 26.0 Å². The molecule has 0 amide bonds. The summed E-state index contributed by atoms with van der Waals surface area (Å²) in [6.07, 6.45) is 2.59. The first-order valence-corrected chi connectivity index (χ1v) is 6.76. The lowest BCUT2D eigenvalue weighted by atomic mass is 10.1. The summed E-state index contributed by atoms with van der Waals surface area (Å²) in [5.74, 6) is 0. The molecule has 2 rings (SSSR count). The first-order chi connectivity index (χ1) is 7.66. The molecule has 1 saturated heterocycles. The standard InChI is InChI=1S/C12H20N2OS/c1-8-12(16-10(3)14-8)4-6-13-11-5-7-15-9(11)2/h9,11,13H,4-7H2,1-3H3. The highest BCUT2D eigenvalue weighted by atomic mass is 32.1. The van der Waals surface area contributed by atoms with Gasteiger partial charge >= 0.3 is 0 Å². The van der Waals surface area contributed by atoms with Gasteiger partial charge in [0, 0.05) is 24.1 Å². The van der Waals surface area contributed by atoms with Crippen molar-refractivity contribution in [2.45, 2.75) is 45.8 Å². The van der Waals surface area contributed by atoms with Crippen molar-refractivity contribution in [1.29, 1.82) is 0 Å². The van der Waals surface area contributed by atoms with Crippen LogP contribution in [0.2, 0.25) is 0 Å². The Morgan fingerprint density at radius 2 is 2.31 bits per heavy atom. The molecule has 1 N–H and O–H groups in total. The number of thiazole rings is 1.